The van der Waals surface area contributed by atoms with Crippen LogP contribution in [0.3, 0.4) is 0 Å². The van der Waals surface area contributed by atoms with E-state index in [-0.39, 0.29) is 11.8 Å². The number of ether oxygens (including phenoxy) is 1. The normalized spacial score (nSPS) is 20.2. The molecule has 1 aliphatic carbocycles. The maximum atomic E-state index is 11.5. The lowest BCUT2D eigenvalue weighted by Crippen LogP contribution is -2.05. The van der Waals surface area contributed by atoms with Crippen LogP contribution in [-0.2, 0) is 0 Å². The molecule has 3 heteroatoms. The average molecular weight is 177 g/mol. The van der Waals surface area contributed by atoms with Gasteiger partial charge in [0.2, 0.25) is 0 Å². The molecule has 1 aliphatic rings. The summed E-state index contributed by atoms with van der Waals surface area (Å²) >= 11 is 0. The fraction of sp³-hybridized carbons (Fsp3) is 0.300. The van der Waals surface area contributed by atoms with Crippen molar-refractivity contribution in [3.63, 3.8) is 0 Å². The van der Waals surface area contributed by atoms with Gasteiger partial charge < -0.3 is 10.5 Å². The number of fused-ring (bicyclic) bond motifs is 1. The van der Waals surface area contributed by atoms with E-state index in [9.17, 15) is 4.79 Å². The van der Waals surface area contributed by atoms with Gasteiger partial charge in [0.15, 0.2) is 5.78 Å². The topological polar surface area (TPSA) is 52.3 Å². The van der Waals surface area contributed by atoms with E-state index in [0.717, 1.165) is 5.56 Å². The molecule has 2 N–H and O–H groups in total. The Morgan fingerprint density at radius 2 is 2.31 bits per heavy atom. The minimum atomic E-state index is -0.155. The monoisotopic (exact) mass is 177 g/mol. The van der Waals surface area contributed by atoms with E-state index in [0.29, 0.717) is 17.7 Å². The predicted octanol–water partition coefficient (Wildman–Crippen LogP) is 1.28. The number of hydrogen-bond acceptors (Lipinski definition) is 3. The molecule has 3 nitrogen and oxygen atoms in total. The first-order chi connectivity index (χ1) is 6.24. The number of ketones is 1. The molecule has 0 aromatic heterocycles. The number of benzene rings is 1. The highest BCUT2D eigenvalue weighted by atomic mass is 16.5. The van der Waals surface area contributed by atoms with Gasteiger partial charge in [0.25, 0.3) is 0 Å². The zero-order valence-electron chi connectivity index (χ0n) is 7.41. The van der Waals surface area contributed by atoms with Gasteiger partial charge in [-0.3, -0.25) is 4.79 Å². The van der Waals surface area contributed by atoms with Crippen molar-refractivity contribution in [2.45, 2.75) is 12.5 Å². The molecule has 0 saturated heterocycles. The SMILES string of the molecule is COc1cccc2c1C(=O)C[C@H]2N. The summed E-state index contributed by atoms with van der Waals surface area (Å²) in [7, 11) is 1.56. The van der Waals surface area contributed by atoms with Gasteiger partial charge in [-0.15, -0.1) is 0 Å². The molecule has 0 saturated carbocycles. The quantitative estimate of drug-likeness (QED) is 0.703. The molecule has 2 rings (SSSR count). The number of carbonyl (C=O) groups excluding carboxylic acids is 1. The summed E-state index contributed by atoms with van der Waals surface area (Å²) in [5.74, 6) is 0.718. The number of methoxy groups -OCH3 is 1. The molecule has 68 valence electrons. The fourth-order valence-corrected chi connectivity index (χ4v) is 1.74. The molecular weight excluding hydrogens is 166 g/mol. The second-order valence-corrected chi connectivity index (χ2v) is 3.16. The molecule has 0 heterocycles. The molecule has 0 amide bonds. The number of Topliss-reactive ketones (excluding diaryl/α,β-unsaturated/α-hetero) is 1. The van der Waals surface area contributed by atoms with E-state index >= 15 is 0 Å². The standard InChI is InChI=1S/C10H11NO2/c1-13-9-4-2-3-6-7(11)5-8(12)10(6)9/h2-4,7H,5,11H2,1H3/t7-/m1/s1. The zero-order valence-corrected chi connectivity index (χ0v) is 7.41. The summed E-state index contributed by atoms with van der Waals surface area (Å²) in [6.07, 6.45) is 0.399. The summed E-state index contributed by atoms with van der Waals surface area (Å²) in [5, 5.41) is 0. The van der Waals surface area contributed by atoms with E-state index in [1.807, 2.05) is 12.1 Å². The highest BCUT2D eigenvalue weighted by Gasteiger charge is 2.29. The van der Waals surface area contributed by atoms with Crippen molar-refractivity contribution in [3.8, 4) is 5.75 Å². The van der Waals surface area contributed by atoms with Crippen molar-refractivity contribution >= 4 is 5.78 Å². The van der Waals surface area contributed by atoms with Crippen molar-refractivity contribution in [2.75, 3.05) is 7.11 Å². The van der Waals surface area contributed by atoms with Crippen molar-refractivity contribution in [2.24, 2.45) is 5.73 Å². The van der Waals surface area contributed by atoms with E-state index in [2.05, 4.69) is 0 Å². The Hall–Kier alpha value is -1.35. The lowest BCUT2D eigenvalue weighted by atomic mass is 10.1. The molecule has 0 aliphatic heterocycles. The average Bonchev–Trinajstić information content (AvgIpc) is 2.43. The number of hydrogen-bond donors (Lipinski definition) is 1. The molecule has 1 atom stereocenters. The molecule has 0 radical (unpaired) electrons. The van der Waals surface area contributed by atoms with Crippen LogP contribution in [0, 0.1) is 0 Å². The number of rotatable bonds is 1. The van der Waals surface area contributed by atoms with E-state index < -0.39 is 0 Å². The van der Waals surface area contributed by atoms with Crippen LogP contribution < -0.4 is 10.5 Å². The number of nitrogens with two attached hydrogens (primary N) is 1. The first-order valence-corrected chi connectivity index (χ1v) is 4.19. The molecule has 0 spiro atoms. The van der Waals surface area contributed by atoms with Gasteiger partial charge in [-0.2, -0.15) is 0 Å². The predicted molar refractivity (Wildman–Crippen MR) is 48.9 cm³/mol. The molecule has 1 aromatic carbocycles. The maximum Gasteiger partial charge on any atom is 0.168 e. The number of carbonyl (C=O) groups is 1. The molecule has 0 bridgehead atoms. The summed E-state index contributed by atoms with van der Waals surface area (Å²) < 4.78 is 5.10. The molecular formula is C10H11NO2. The third kappa shape index (κ3) is 1.12. The Labute approximate surface area is 76.5 Å². The minimum absolute atomic E-state index is 0.0833. The summed E-state index contributed by atoms with van der Waals surface area (Å²) in [6.45, 7) is 0. The lowest BCUT2D eigenvalue weighted by molar-refractivity contribution is 0.0987. The van der Waals surface area contributed by atoms with Crippen LogP contribution in [0.1, 0.15) is 28.4 Å². The van der Waals surface area contributed by atoms with Crippen molar-refractivity contribution in [3.05, 3.63) is 29.3 Å². The molecule has 0 unspecified atom stereocenters. The fourth-order valence-electron chi connectivity index (χ4n) is 1.74. The third-order valence-corrected chi connectivity index (χ3v) is 2.36. The summed E-state index contributed by atoms with van der Waals surface area (Å²) in [6, 6.07) is 5.37. The van der Waals surface area contributed by atoms with Gasteiger partial charge in [-0.05, 0) is 11.6 Å². The van der Waals surface area contributed by atoms with Gasteiger partial charge in [0.1, 0.15) is 5.75 Å². The van der Waals surface area contributed by atoms with E-state index in [4.69, 9.17) is 10.5 Å². The van der Waals surface area contributed by atoms with Gasteiger partial charge in [0, 0.05) is 12.5 Å². The van der Waals surface area contributed by atoms with Crippen molar-refractivity contribution in [1.82, 2.24) is 0 Å². The van der Waals surface area contributed by atoms with Crippen molar-refractivity contribution in [1.29, 1.82) is 0 Å². The van der Waals surface area contributed by atoms with Crippen LogP contribution in [0.5, 0.6) is 5.75 Å². The molecule has 0 fully saturated rings. The Bertz CT molecular complexity index is 360. The van der Waals surface area contributed by atoms with Crippen LogP contribution >= 0.6 is 0 Å². The van der Waals surface area contributed by atoms with Gasteiger partial charge in [-0.1, -0.05) is 12.1 Å². The van der Waals surface area contributed by atoms with Crippen LogP contribution in [-0.4, -0.2) is 12.9 Å². The van der Waals surface area contributed by atoms with Crippen LogP contribution in [0.15, 0.2) is 18.2 Å². The van der Waals surface area contributed by atoms with Crippen LogP contribution in [0.2, 0.25) is 0 Å². The summed E-state index contributed by atoms with van der Waals surface area (Å²) in [5.41, 5.74) is 7.36. The van der Waals surface area contributed by atoms with Gasteiger partial charge in [-0.25, -0.2) is 0 Å². The Morgan fingerprint density at radius 1 is 1.54 bits per heavy atom. The van der Waals surface area contributed by atoms with Crippen LogP contribution in [0.25, 0.3) is 0 Å². The first-order valence-electron chi connectivity index (χ1n) is 4.19. The van der Waals surface area contributed by atoms with E-state index in [1.54, 1.807) is 13.2 Å². The molecule has 1 aromatic rings. The zero-order chi connectivity index (χ0) is 9.42. The highest BCUT2D eigenvalue weighted by Crippen LogP contribution is 2.35. The van der Waals surface area contributed by atoms with Gasteiger partial charge in [0.05, 0.1) is 12.7 Å². The van der Waals surface area contributed by atoms with E-state index in [1.165, 1.54) is 0 Å². The maximum absolute atomic E-state index is 11.5. The lowest BCUT2D eigenvalue weighted by Gasteiger charge is -2.06. The molecule has 13 heavy (non-hydrogen) atoms. The first kappa shape index (κ1) is 8.26. The van der Waals surface area contributed by atoms with Crippen LogP contribution in [0.4, 0.5) is 0 Å². The van der Waals surface area contributed by atoms with Gasteiger partial charge >= 0.3 is 0 Å². The Kier molecular flexibility index (Phi) is 1.81. The smallest absolute Gasteiger partial charge is 0.168 e. The second-order valence-electron chi connectivity index (χ2n) is 3.16. The second kappa shape index (κ2) is 2.85. The third-order valence-electron chi connectivity index (χ3n) is 2.36. The summed E-state index contributed by atoms with van der Waals surface area (Å²) in [4.78, 5) is 11.5. The Morgan fingerprint density at radius 3 is 3.00 bits per heavy atom. The Balaban J connectivity index is 2.62. The highest BCUT2D eigenvalue weighted by molar-refractivity contribution is 6.03. The van der Waals surface area contributed by atoms with Crippen molar-refractivity contribution < 1.29 is 9.53 Å². The largest absolute Gasteiger partial charge is 0.496 e. The minimum Gasteiger partial charge on any atom is -0.496 e.